The molecule has 2 heterocycles. The number of hydrogen-bond acceptors (Lipinski definition) is 4. The molecular formula is C24H23FN4O3. The molecule has 1 N–H and O–H groups in total. The Bertz CT molecular complexity index is 1240. The zero-order valence-electron chi connectivity index (χ0n) is 17.7. The Balaban J connectivity index is 1.57. The highest BCUT2D eigenvalue weighted by Crippen LogP contribution is 2.18. The molecule has 7 nitrogen and oxygen atoms in total. The van der Waals surface area contributed by atoms with Crippen molar-refractivity contribution in [1.82, 2.24) is 14.7 Å². The number of hydrogen-bond donors (Lipinski definition) is 1. The predicted molar refractivity (Wildman–Crippen MR) is 118 cm³/mol. The summed E-state index contributed by atoms with van der Waals surface area (Å²) in [6.45, 7) is 2.80. The van der Waals surface area contributed by atoms with Gasteiger partial charge in [0.15, 0.2) is 5.69 Å². The molecule has 3 aromatic rings. The number of benzene rings is 2. The third-order valence-corrected chi connectivity index (χ3v) is 5.38. The lowest BCUT2D eigenvalue weighted by Crippen LogP contribution is -2.34. The van der Waals surface area contributed by atoms with E-state index in [1.54, 1.807) is 42.2 Å². The maximum Gasteiger partial charge on any atom is 0.280 e. The zero-order valence-corrected chi connectivity index (χ0v) is 17.7. The number of likely N-dealkylation sites (tertiary alicyclic amines) is 1. The Labute approximate surface area is 184 Å². The number of aromatic nitrogens is 2. The minimum Gasteiger partial charge on any atom is -0.338 e. The molecule has 8 heteroatoms. The van der Waals surface area contributed by atoms with Gasteiger partial charge in [0.1, 0.15) is 11.5 Å². The predicted octanol–water partition coefficient (Wildman–Crippen LogP) is 3.44. The molecule has 164 valence electrons. The molecular weight excluding hydrogens is 411 g/mol. The summed E-state index contributed by atoms with van der Waals surface area (Å²) in [7, 11) is 0. The molecule has 4 rings (SSSR count). The maximum atomic E-state index is 14.2. The van der Waals surface area contributed by atoms with E-state index in [1.807, 2.05) is 6.07 Å². The van der Waals surface area contributed by atoms with Crippen molar-refractivity contribution in [2.45, 2.75) is 32.7 Å². The first-order chi connectivity index (χ1) is 15.4. The van der Waals surface area contributed by atoms with E-state index in [1.165, 1.54) is 22.9 Å². The van der Waals surface area contributed by atoms with Gasteiger partial charge in [-0.25, -0.2) is 9.07 Å². The van der Waals surface area contributed by atoms with Gasteiger partial charge < -0.3 is 10.2 Å². The second-order valence-corrected chi connectivity index (χ2v) is 7.79. The van der Waals surface area contributed by atoms with Crippen LogP contribution in [0, 0.1) is 12.7 Å². The number of nitrogens with zero attached hydrogens (tertiary/aromatic N) is 3. The van der Waals surface area contributed by atoms with Crippen LogP contribution in [0.1, 0.15) is 41.0 Å². The van der Waals surface area contributed by atoms with Crippen LogP contribution < -0.4 is 10.7 Å². The molecule has 0 radical (unpaired) electrons. The molecule has 1 fully saturated rings. The second kappa shape index (κ2) is 9.13. The lowest BCUT2D eigenvalue weighted by atomic mass is 10.1. The van der Waals surface area contributed by atoms with Crippen molar-refractivity contribution in [3.63, 3.8) is 0 Å². The van der Waals surface area contributed by atoms with Crippen LogP contribution in [0.3, 0.4) is 0 Å². The Hall–Kier alpha value is -3.81. The Morgan fingerprint density at radius 2 is 1.91 bits per heavy atom. The number of amides is 2. The van der Waals surface area contributed by atoms with E-state index in [0.29, 0.717) is 24.3 Å². The van der Waals surface area contributed by atoms with Crippen molar-refractivity contribution in [2.75, 3.05) is 11.9 Å². The topological polar surface area (TPSA) is 84.3 Å². The standard InChI is InChI=1S/C24H23FN4O3/c1-16-13-21(30)23(27-29(16)20-10-3-2-9-19(20)25)24(32)26-18-8-6-7-17(14-18)15-28-12-5-4-11-22(28)31/h2-3,6-10,13-14H,4-5,11-12,15H2,1H3,(H,26,32). The van der Waals surface area contributed by atoms with E-state index < -0.39 is 17.2 Å². The molecule has 0 saturated carbocycles. The van der Waals surface area contributed by atoms with Gasteiger partial charge in [0.2, 0.25) is 11.3 Å². The first-order valence-electron chi connectivity index (χ1n) is 10.5. The highest BCUT2D eigenvalue weighted by Gasteiger charge is 2.19. The van der Waals surface area contributed by atoms with Gasteiger partial charge in [-0.3, -0.25) is 14.4 Å². The fraction of sp³-hybridized carbons (Fsp3) is 0.250. The number of carbonyl (C=O) groups is 2. The first kappa shape index (κ1) is 21.4. The van der Waals surface area contributed by atoms with Crippen LogP contribution in [0.25, 0.3) is 5.69 Å². The van der Waals surface area contributed by atoms with Gasteiger partial charge in [-0.05, 0) is 49.6 Å². The average Bonchev–Trinajstić information content (AvgIpc) is 2.76. The first-order valence-corrected chi connectivity index (χ1v) is 10.5. The van der Waals surface area contributed by atoms with E-state index >= 15 is 0 Å². The van der Waals surface area contributed by atoms with Gasteiger partial charge >= 0.3 is 0 Å². The summed E-state index contributed by atoms with van der Waals surface area (Å²) in [5, 5.41) is 6.81. The Morgan fingerprint density at radius 1 is 1.09 bits per heavy atom. The van der Waals surface area contributed by atoms with Crippen LogP contribution in [-0.4, -0.2) is 33.0 Å². The van der Waals surface area contributed by atoms with Crippen LogP contribution in [0.5, 0.6) is 0 Å². The Morgan fingerprint density at radius 3 is 2.69 bits per heavy atom. The maximum absolute atomic E-state index is 14.2. The molecule has 0 spiro atoms. The van der Waals surface area contributed by atoms with Gasteiger partial charge in [0.05, 0.1) is 0 Å². The smallest absolute Gasteiger partial charge is 0.280 e. The van der Waals surface area contributed by atoms with Crippen molar-refractivity contribution in [1.29, 1.82) is 0 Å². The summed E-state index contributed by atoms with van der Waals surface area (Å²) < 4.78 is 15.5. The SMILES string of the molecule is Cc1cc(=O)c(C(=O)Nc2cccc(CN3CCCCC3=O)c2)nn1-c1ccccc1F. The van der Waals surface area contributed by atoms with Crippen LogP contribution in [0.4, 0.5) is 10.1 Å². The molecule has 0 aliphatic carbocycles. The van der Waals surface area contributed by atoms with Crippen molar-refractivity contribution >= 4 is 17.5 Å². The minimum atomic E-state index is -0.689. The summed E-state index contributed by atoms with van der Waals surface area (Å²) >= 11 is 0. The number of rotatable bonds is 5. The van der Waals surface area contributed by atoms with Crippen molar-refractivity contribution in [2.24, 2.45) is 0 Å². The van der Waals surface area contributed by atoms with Crippen LogP contribution in [0.2, 0.25) is 0 Å². The third-order valence-electron chi connectivity index (χ3n) is 5.38. The molecule has 32 heavy (non-hydrogen) atoms. The van der Waals surface area contributed by atoms with Crippen molar-refractivity contribution in [3.05, 3.63) is 87.6 Å². The van der Waals surface area contributed by atoms with Gasteiger partial charge in [-0.15, -0.1) is 0 Å². The summed E-state index contributed by atoms with van der Waals surface area (Å²) in [5.41, 5.74) is 1.02. The molecule has 0 bridgehead atoms. The highest BCUT2D eigenvalue weighted by molar-refractivity contribution is 6.02. The number of aryl methyl sites for hydroxylation is 1. The largest absolute Gasteiger partial charge is 0.338 e. The van der Waals surface area contributed by atoms with Crippen molar-refractivity contribution in [3.8, 4) is 5.69 Å². The number of nitrogens with one attached hydrogen (secondary N) is 1. The molecule has 2 aromatic carbocycles. The lowest BCUT2D eigenvalue weighted by Gasteiger charge is -2.26. The number of anilines is 1. The minimum absolute atomic E-state index is 0.128. The number of carbonyl (C=O) groups excluding carboxylic acids is 2. The fourth-order valence-corrected chi connectivity index (χ4v) is 3.76. The molecule has 0 atom stereocenters. The van der Waals surface area contributed by atoms with Gasteiger partial charge in [0, 0.05) is 37.0 Å². The summed E-state index contributed by atoms with van der Waals surface area (Å²) in [5.74, 6) is -1.08. The van der Waals surface area contributed by atoms with E-state index in [9.17, 15) is 18.8 Å². The average molecular weight is 434 g/mol. The molecule has 1 aliphatic rings. The number of piperidine rings is 1. The fourth-order valence-electron chi connectivity index (χ4n) is 3.76. The van der Waals surface area contributed by atoms with E-state index in [2.05, 4.69) is 10.4 Å². The van der Waals surface area contributed by atoms with Crippen LogP contribution in [-0.2, 0) is 11.3 Å². The number of halogens is 1. The quantitative estimate of drug-likeness (QED) is 0.667. The molecule has 1 aromatic heterocycles. The van der Waals surface area contributed by atoms with Gasteiger partial charge in [-0.2, -0.15) is 5.10 Å². The Kier molecular flexibility index (Phi) is 6.11. The van der Waals surface area contributed by atoms with E-state index in [-0.39, 0.29) is 17.3 Å². The lowest BCUT2D eigenvalue weighted by molar-refractivity contribution is -0.133. The van der Waals surface area contributed by atoms with Gasteiger partial charge in [0.25, 0.3) is 5.91 Å². The van der Waals surface area contributed by atoms with E-state index in [0.717, 1.165) is 24.9 Å². The second-order valence-electron chi connectivity index (χ2n) is 7.79. The highest BCUT2D eigenvalue weighted by atomic mass is 19.1. The molecule has 0 unspecified atom stereocenters. The number of para-hydroxylation sites is 1. The monoisotopic (exact) mass is 434 g/mol. The summed E-state index contributed by atoms with van der Waals surface area (Å²) in [6.07, 6.45) is 2.46. The zero-order chi connectivity index (χ0) is 22.7. The van der Waals surface area contributed by atoms with Crippen LogP contribution in [0.15, 0.2) is 59.4 Å². The van der Waals surface area contributed by atoms with Crippen molar-refractivity contribution < 1.29 is 14.0 Å². The molecule has 1 saturated heterocycles. The third kappa shape index (κ3) is 4.59. The van der Waals surface area contributed by atoms with E-state index in [4.69, 9.17) is 0 Å². The summed E-state index contributed by atoms with van der Waals surface area (Å²) in [6, 6.07) is 14.4. The van der Waals surface area contributed by atoms with Gasteiger partial charge in [-0.1, -0.05) is 24.3 Å². The molecule has 1 aliphatic heterocycles. The normalized spacial score (nSPS) is 13.8. The van der Waals surface area contributed by atoms with Crippen LogP contribution >= 0.6 is 0 Å². The molecule has 2 amide bonds. The summed E-state index contributed by atoms with van der Waals surface area (Å²) in [4.78, 5) is 39.1.